The molecule has 0 aliphatic carbocycles. The summed E-state index contributed by atoms with van der Waals surface area (Å²) in [4.78, 5) is 0. The number of hydrogen-bond donors (Lipinski definition) is 1. The summed E-state index contributed by atoms with van der Waals surface area (Å²) < 4.78 is 0. The Labute approximate surface area is 72.1 Å². The maximum atomic E-state index is 9.37. The standard InChI is InChI=1S/C10H11NO/c1-6-4-10(12)9(5-11)8(3)7(6)2/h4,12H,1-3H3. The number of rotatable bonds is 0. The zero-order valence-corrected chi connectivity index (χ0v) is 7.47. The van der Waals surface area contributed by atoms with Crippen LogP contribution in [0.15, 0.2) is 6.07 Å². The molecule has 0 aromatic heterocycles. The van der Waals surface area contributed by atoms with Crippen molar-refractivity contribution in [1.82, 2.24) is 0 Å². The van der Waals surface area contributed by atoms with Crippen molar-refractivity contribution < 1.29 is 5.11 Å². The van der Waals surface area contributed by atoms with Crippen LogP contribution in [0, 0.1) is 32.1 Å². The number of phenolic OH excluding ortho intramolecular Hbond substituents is 1. The number of benzene rings is 1. The second-order valence-electron chi connectivity index (χ2n) is 2.95. The van der Waals surface area contributed by atoms with Gasteiger partial charge in [0.05, 0.1) is 5.56 Å². The van der Waals surface area contributed by atoms with Gasteiger partial charge in [0, 0.05) is 0 Å². The van der Waals surface area contributed by atoms with E-state index in [0.29, 0.717) is 5.56 Å². The highest BCUT2D eigenvalue weighted by atomic mass is 16.3. The molecule has 0 fully saturated rings. The van der Waals surface area contributed by atoms with E-state index in [1.54, 1.807) is 6.07 Å². The summed E-state index contributed by atoms with van der Waals surface area (Å²) in [5.41, 5.74) is 3.35. The van der Waals surface area contributed by atoms with Gasteiger partial charge >= 0.3 is 0 Å². The summed E-state index contributed by atoms with van der Waals surface area (Å²) >= 11 is 0. The molecule has 0 atom stereocenters. The molecule has 0 spiro atoms. The van der Waals surface area contributed by atoms with Crippen molar-refractivity contribution in [3.05, 3.63) is 28.3 Å². The SMILES string of the molecule is Cc1cc(O)c(C#N)c(C)c1C. The van der Waals surface area contributed by atoms with Crippen LogP contribution < -0.4 is 0 Å². The minimum absolute atomic E-state index is 0.0816. The summed E-state index contributed by atoms with van der Waals surface area (Å²) in [7, 11) is 0. The average Bonchev–Trinajstić information content (AvgIpc) is 2.01. The monoisotopic (exact) mass is 161 g/mol. The van der Waals surface area contributed by atoms with Crippen molar-refractivity contribution in [2.24, 2.45) is 0 Å². The van der Waals surface area contributed by atoms with Gasteiger partial charge in [0.2, 0.25) is 0 Å². The van der Waals surface area contributed by atoms with E-state index in [1.807, 2.05) is 26.8 Å². The van der Waals surface area contributed by atoms with E-state index in [1.165, 1.54) is 0 Å². The Morgan fingerprint density at radius 3 is 2.33 bits per heavy atom. The molecule has 62 valence electrons. The Balaban J connectivity index is 3.54. The maximum absolute atomic E-state index is 9.37. The lowest BCUT2D eigenvalue weighted by molar-refractivity contribution is 0.472. The molecule has 1 aromatic carbocycles. The van der Waals surface area contributed by atoms with Crippen LogP contribution >= 0.6 is 0 Å². The molecule has 0 amide bonds. The summed E-state index contributed by atoms with van der Waals surface area (Å²) in [6, 6.07) is 3.61. The van der Waals surface area contributed by atoms with Crippen LogP contribution in [-0.4, -0.2) is 5.11 Å². The van der Waals surface area contributed by atoms with E-state index in [4.69, 9.17) is 5.26 Å². The molecule has 1 N–H and O–H groups in total. The summed E-state index contributed by atoms with van der Waals surface area (Å²) in [6.07, 6.45) is 0. The van der Waals surface area contributed by atoms with Crippen LogP contribution in [0.4, 0.5) is 0 Å². The number of nitrogens with zero attached hydrogens (tertiary/aromatic N) is 1. The van der Waals surface area contributed by atoms with Crippen LogP contribution in [0.2, 0.25) is 0 Å². The first-order chi connectivity index (χ1) is 5.57. The van der Waals surface area contributed by atoms with E-state index >= 15 is 0 Å². The minimum Gasteiger partial charge on any atom is -0.507 e. The fourth-order valence-corrected chi connectivity index (χ4v) is 1.20. The Bertz CT molecular complexity index is 361. The van der Waals surface area contributed by atoms with E-state index in [9.17, 15) is 5.11 Å². The van der Waals surface area contributed by atoms with Crippen molar-refractivity contribution in [1.29, 1.82) is 5.26 Å². The number of nitriles is 1. The van der Waals surface area contributed by atoms with Gasteiger partial charge in [-0.05, 0) is 43.5 Å². The van der Waals surface area contributed by atoms with Gasteiger partial charge in [0.1, 0.15) is 11.8 Å². The molecule has 0 aliphatic heterocycles. The lowest BCUT2D eigenvalue weighted by atomic mass is 9.99. The first kappa shape index (κ1) is 8.61. The summed E-state index contributed by atoms with van der Waals surface area (Å²) in [5, 5.41) is 18.1. The van der Waals surface area contributed by atoms with Crippen molar-refractivity contribution in [2.45, 2.75) is 20.8 Å². The average molecular weight is 161 g/mol. The van der Waals surface area contributed by atoms with Crippen LogP contribution in [0.3, 0.4) is 0 Å². The van der Waals surface area contributed by atoms with E-state index in [2.05, 4.69) is 0 Å². The predicted octanol–water partition coefficient (Wildman–Crippen LogP) is 2.19. The van der Waals surface area contributed by atoms with Crippen molar-refractivity contribution in [3.63, 3.8) is 0 Å². The van der Waals surface area contributed by atoms with Crippen LogP contribution in [0.5, 0.6) is 5.75 Å². The highest BCUT2D eigenvalue weighted by Gasteiger charge is 2.08. The third-order valence-corrected chi connectivity index (χ3v) is 2.25. The van der Waals surface area contributed by atoms with Crippen molar-refractivity contribution in [2.75, 3.05) is 0 Å². The second kappa shape index (κ2) is 2.86. The molecule has 1 aromatic rings. The van der Waals surface area contributed by atoms with Gasteiger partial charge < -0.3 is 5.11 Å². The van der Waals surface area contributed by atoms with Crippen LogP contribution in [0.25, 0.3) is 0 Å². The topological polar surface area (TPSA) is 44.0 Å². The van der Waals surface area contributed by atoms with E-state index < -0.39 is 0 Å². The third kappa shape index (κ3) is 1.14. The van der Waals surface area contributed by atoms with E-state index in [-0.39, 0.29) is 5.75 Å². The van der Waals surface area contributed by atoms with Gasteiger partial charge in [-0.15, -0.1) is 0 Å². The van der Waals surface area contributed by atoms with Crippen LogP contribution in [-0.2, 0) is 0 Å². The van der Waals surface area contributed by atoms with E-state index in [0.717, 1.165) is 16.7 Å². The molecule has 2 nitrogen and oxygen atoms in total. The first-order valence-corrected chi connectivity index (χ1v) is 3.77. The maximum Gasteiger partial charge on any atom is 0.133 e. The van der Waals surface area contributed by atoms with Crippen molar-refractivity contribution >= 4 is 0 Å². The van der Waals surface area contributed by atoms with Gasteiger partial charge in [-0.2, -0.15) is 5.26 Å². The molecule has 0 heterocycles. The molecule has 1 rings (SSSR count). The first-order valence-electron chi connectivity index (χ1n) is 3.77. The molecule has 2 heteroatoms. The highest BCUT2D eigenvalue weighted by molar-refractivity contribution is 5.53. The predicted molar refractivity (Wildman–Crippen MR) is 47.0 cm³/mol. The largest absolute Gasteiger partial charge is 0.507 e. The zero-order valence-electron chi connectivity index (χ0n) is 7.47. The Morgan fingerprint density at radius 1 is 1.25 bits per heavy atom. The summed E-state index contributed by atoms with van der Waals surface area (Å²) in [5.74, 6) is 0.0816. The normalized spacial score (nSPS) is 9.50. The minimum atomic E-state index is 0.0816. The van der Waals surface area contributed by atoms with Gasteiger partial charge in [-0.1, -0.05) is 0 Å². The smallest absolute Gasteiger partial charge is 0.133 e. The molecule has 0 unspecified atom stereocenters. The third-order valence-electron chi connectivity index (χ3n) is 2.25. The quantitative estimate of drug-likeness (QED) is 0.633. The van der Waals surface area contributed by atoms with Gasteiger partial charge in [0.25, 0.3) is 0 Å². The highest BCUT2D eigenvalue weighted by Crippen LogP contribution is 2.25. The van der Waals surface area contributed by atoms with Crippen LogP contribution in [0.1, 0.15) is 22.3 Å². The molecule has 0 aliphatic rings. The van der Waals surface area contributed by atoms with Gasteiger partial charge in [-0.25, -0.2) is 0 Å². The second-order valence-corrected chi connectivity index (χ2v) is 2.95. The number of phenols is 1. The molecular formula is C10H11NO. The molecule has 12 heavy (non-hydrogen) atoms. The molecule has 0 radical (unpaired) electrons. The van der Waals surface area contributed by atoms with Crippen molar-refractivity contribution in [3.8, 4) is 11.8 Å². The lowest BCUT2D eigenvalue weighted by Crippen LogP contribution is -1.91. The number of hydrogen-bond acceptors (Lipinski definition) is 2. The molecule has 0 saturated carbocycles. The fourth-order valence-electron chi connectivity index (χ4n) is 1.20. The number of aryl methyl sites for hydroxylation is 1. The fraction of sp³-hybridized carbons (Fsp3) is 0.300. The van der Waals surface area contributed by atoms with Gasteiger partial charge in [0.15, 0.2) is 0 Å². The zero-order chi connectivity index (χ0) is 9.30. The Kier molecular flexibility index (Phi) is 2.05. The van der Waals surface area contributed by atoms with Gasteiger partial charge in [-0.3, -0.25) is 0 Å². The Morgan fingerprint density at radius 2 is 1.83 bits per heavy atom. The lowest BCUT2D eigenvalue weighted by Gasteiger charge is -2.07. The molecule has 0 saturated heterocycles. The number of aromatic hydroxyl groups is 1. The molecular weight excluding hydrogens is 150 g/mol. The summed E-state index contributed by atoms with van der Waals surface area (Å²) in [6.45, 7) is 5.72. The Hall–Kier alpha value is -1.49. The molecule has 0 bridgehead atoms.